The number of nitrogens with two attached hydrogens (primary N) is 1. The second-order valence-electron chi connectivity index (χ2n) is 6.85. The number of amides is 1. The van der Waals surface area contributed by atoms with Gasteiger partial charge in [-0.05, 0) is 61.4 Å². The molecule has 1 atom stereocenters. The van der Waals surface area contributed by atoms with E-state index in [-0.39, 0.29) is 11.4 Å². The molecule has 7 heteroatoms. The third kappa shape index (κ3) is 3.80. The van der Waals surface area contributed by atoms with Crippen LogP contribution in [-0.2, 0) is 5.54 Å². The molecule has 0 saturated heterocycles. The van der Waals surface area contributed by atoms with E-state index in [9.17, 15) is 4.79 Å². The first-order valence-electron chi connectivity index (χ1n) is 9.04. The van der Waals surface area contributed by atoms with Crippen LogP contribution in [0.1, 0.15) is 29.3 Å². The molecule has 0 aliphatic carbocycles. The SMILES string of the molecule is CC1(c2cccc(NC(=O)c3ccc(-n4cccn4)cc3)c2)CCSC(N)=N1. The van der Waals surface area contributed by atoms with Crippen LogP contribution in [0.5, 0.6) is 0 Å². The Morgan fingerprint density at radius 2 is 2.04 bits per heavy atom. The van der Waals surface area contributed by atoms with Gasteiger partial charge < -0.3 is 11.1 Å². The summed E-state index contributed by atoms with van der Waals surface area (Å²) in [7, 11) is 0. The molecule has 0 saturated carbocycles. The number of benzene rings is 2. The summed E-state index contributed by atoms with van der Waals surface area (Å²) in [6.07, 6.45) is 4.49. The summed E-state index contributed by atoms with van der Waals surface area (Å²) in [6.45, 7) is 2.08. The van der Waals surface area contributed by atoms with Crippen molar-refractivity contribution in [2.75, 3.05) is 11.1 Å². The Labute approximate surface area is 167 Å². The van der Waals surface area contributed by atoms with Crippen molar-refractivity contribution in [3.05, 3.63) is 78.1 Å². The van der Waals surface area contributed by atoms with Crippen molar-refractivity contribution >= 4 is 28.5 Å². The predicted molar refractivity (Wildman–Crippen MR) is 114 cm³/mol. The molecule has 2 aromatic carbocycles. The van der Waals surface area contributed by atoms with Gasteiger partial charge in [0.15, 0.2) is 5.17 Å². The second-order valence-corrected chi connectivity index (χ2v) is 7.97. The summed E-state index contributed by atoms with van der Waals surface area (Å²) in [5, 5.41) is 7.78. The molecule has 0 spiro atoms. The van der Waals surface area contributed by atoms with E-state index in [1.165, 1.54) is 0 Å². The highest BCUT2D eigenvalue weighted by molar-refractivity contribution is 8.13. The van der Waals surface area contributed by atoms with Crippen LogP contribution in [0.25, 0.3) is 5.69 Å². The second kappa shape index (κ2) is 7.52. The number of hydrogen-bond acceptors (Lipinski definition) is 5. The summed E-state index contributed by atoms with van der Waals surface area (Å²) in [5.41, 5.74) is 8.85. The molecule has 0 fully saturated rings. The largest absolute Gasteiger partial charge is 0.379 e. The van der Waals surface area contributed by atoms with Crippen molar-refractivity contribution < 1.29 is 4.79 Å². The average Bonchev–Trinajstić information content (AvgIpc) is 3.23. The zero-order chi connectivity index (χ0) is 19.6. The number of nitrogens with zero attached hydrogens (tertiary/aromatic N) is 3. The summed E-state index contributed by atoms with van der Waals surface area (Å²) in [6, 6.07) is 17.0. The van der Waals surface area contributed by atoms with E-state index in [1.54, 1.807) is 34.8 Å². The Morgan fingerprint density at radius 1 is 1.21 bits per heavy atom. The number of nitrogens with one attached hydrogen (secondary N) is 1. The minimum absolute atomic E-state index is 0.156. The van der Waals surface area contributed by atoms with E-state index < -0.39 is 0 Å². The van der Waals surface area contributed by atoms with Gasteiger partial charge >= 0.3 is 0 Å². The first-order valence-corrected chi connectivity index (χ1v) is 10.0. The highest BCUT2D eigenvalue weighted by atomic mass is 32.2. The number of carbonyl (C=O) groups excluding carboxylic acids is 1. The third-order valence-electron chi connectivity index (χ3n) is 4.84. The molecule has 6 nitrogen and oxygen atoms in total. The van der Waals surface area contributed by atoms with Gasteiger partial charge in [-0.1, -0.05) is 23.9 Å². The molecule has 1 aliphatic rings. The van der Waals surface area contributed by atoms with Gasteiger partial charge in [0, 0.05) is 29.4 Å². The molecule has 3 aromatic rings. The Kier molecular flexibility index (Phi) is 4.92. The molecule has 1 aliphatic heterocycles. The van der Waals surface area contributed by atoms with E-state index in [0.29, 0.717) is 10.7 Å². The molecule has 0 radical (unpaired) electrons. The minimum atomic E-state index is -0.360. The maximum atomic E-state index is 12.6. The number of rotatable bonds is 4. The van der Waals surface area contributed by atoms with Crippen LogP contribution < -0.4 is 11.1 Å². The Bertz CT molecular complexity index is 1010. The van der Waals surface area contributed by atoms with E-state index in [0.717, 1.165) is 29.1 Å². The van der Waals surface area contributed by atoms with Crippen LogP contribution in [0.3, 0.4) is 0 Å². The van der Waals surface area contributed by atoms with Crippen molar-refractivity contribution in [2.45, 2.75) is 18.9 Å². The molecule has 0 bridgehead atoms. The Balaban J connectivity index is 1.51. The van der Waals surface area contributed by atoms with Crippen LogP contribution in [0.4, 0.5) is 5.69 Å². The van der Waals surface area contributed by atoms with Gasteiger partial charge in [-0.25, -0.2) is 4.68 Å². The summed E-state index contributed by atoms with van der Waals surface area (Å²) in [4.78, 5) is 17.3. The zero-order valence-corrected chi connectivity index (χ0v) is 16.3. The smallest absolute Gasteiger partial charge is 0.255 e. The van der Waals surface area contributed by atoms with E-state index in [1.807, 2.05) is 48.7 Å². The maximum Gasteiger partial charge on any atom is 0.255 e. The highest BCUT2D eigenvalue weighted by Crippen LogP contribution is 2.35. The minimum Gasteiger partial charge on any atom is -0.379 e. The molecule has 1 aromatic heterocycles. The fourth-order valence-corrected chi connectivity index (χ4v) is 4.19. The van der Waals surface area contributed by atoms with Gasteiger partial charge in [0.25, 0.3) is 5.91 Å². The van der Waals surface area contributed by atoms with Crippen molar-refractivity contribution in [1.82, 2.24) is 9.78 Å². The molecule has 1 unspecified atom stereocenters. The van der Waals surface area contributed by atoms with Gasteiger partial charge in [-0.15, -0.1) is 0 Å². The quantitative estimate of drug-likeness (QED) is 0.708. The molecule has 1 amide bonds. The predicted octanol–water partition coefficient (Wildman–Crippen LogP) is 3.79. The number of aromatic nitrogens is 2. The van der Waals surface area contributed by atoms with Crippen LogP contribution in [-0.4, -0.2) is 26.6 Å². The molecular formula is C21H21N5OS. The lowest BCUT2D eigenvalue weighted by atomic mass is 9.89. The van der Waals surface area contributed by atoms with Gasteiger partial charge in [-0.2, -0.15) is 5.10 Å². The molecule has 3 N–H and O–H groups in total. The number of anilines is 1. The molecular weight excluding hydrogens is 370 g/mol. The van der Waals surface area contributed by atoms with Crippen LogP contribution in [0, 0.1) is 0 Å². The lowest BCUT2D eigenvalue weighted by Crippen LogP contribution is -2.28. The lowest BCUT2D eigenvalue weighted by molar-refractivity contribution is 0.102. The fourth-order valence-electron chi connectivity index (χ4n) is 3.22. The van der Waals surface area contributed by atoms with Crippen molar-refractivity contribution in [3.63, 3.8) is 0 Å². The Morgan fingerprint density at radius 3 is 2.75 bits per heavy atom. The van der Waals surface area contributed by atoms with E-state index in [2.05, 4.69) is 22.3 Å². The highest BCUT2D eigenvalue weighted by Gasteiger charge is 2.29. The normalized spacial score (nSPS) is 19.1. The summed E-state index contributed by atoms with van der Waals surface area (Å²) >= 11 is 1.58. The molecule has 142 valence electrons. The first kappa shape index (κ1) is 18.3. The van der Waals surface area contributed by atoms with Gasteiger partial charge in [0.1, 0.15) is 0 Å². The van der Waals surface area contributed by atoms with Gasteiger partial charge in [0.2, 0.25) is 0 Å². The monoisotopic (exact) mass is 391 g/mol. The topological polar surface area (TPSA) is 85.3 Å². The summed E-state index contributed by atoms with van der Waals surface area (Å²) < 4.78 is 1.75. The van der Waals surface area contributed by atoms with Crippen LogP contribution in [0.2, 0.25) is 0 Å². The van der Waals surface area contributed by atoms with Crippen LogP contribution >= 0.6 is 11.8 Å². The van der Waals surface area contributed by atoms with Gasteiger partial charge in [-0.3, -0.25) is 9.79 Å². The molecule has 28 heavy (non-hydrogen) atoms. The molecule has 4 rings (SSSR count). The number of hydrogen-bond donors (Lipinski definition) is 2. The summed E-state index contributed by atoms with van der Waals surface area (Å²) in [5.74, 6) is 0.780. The van der Waals surface area contributed by atoms with Crippen molar-refractivity contribution in [1.29, 1.82) is 0 Å². The number of thioether (sulfide) groups is 1. The first-order chi connectivity index (χ1) is 13.5. The van der Waals surface area contributed by atoms with Gasteiger partial charge in [0.05, 0.1) is 11.2 Å². The molecule has 2 heterocycles. The third-order valence-corrected chi connectivity index (χ3v) is 5.63. The maximum absolute atomic E-state index is 12.6. The standard InChI is InChI=1S/C21H21N5OS/c1-21(10-13-28-20(22)25-21)16-4-2-5-17(14-16)24-19(27)15-6-8-18(9-7-15)26-12-3-11-23-26/h2-9,11-12,14H,10,13H2,1H3,(H2,22,25)(H,24,27). The fraction of sp³-hybridized carbons (Fsp3) is 0.190. The van der Waals surface area contributed by atoms with Crippen LogP contribution in [0.15, 0.2) is 72.0 Å². The van der Waals surface area contributed by atoms with Crippen molar-refractivity contribution in [3.8, 4) is 5.69 Å². The van der Waals surface area contributed by atoms with Crippen molar-refractivity contribution in [2.24, 2.45) is 10.7 Å². The lowest BCUT2D eigenvalue weighted by Gasteiger charge is -2.30. The van der Waals surface area contributed by atoms with E-state index >= 15 is 0 Å². The zero-order valence-electron chi connectivity index (χ0n) is 15.5. The number of carbonyl (C=O) groups is 1. The average molecular weight is 392 g/mol. The number of aliphatic imine (C=N–C) groups is 1. The number of amidine groups is 1. The Hall–Kier alpha value is -3.06. The van der Waals surface area contributed by atoms with E-state index in [4.69, 9.17) is 5.73 Å².